The molecule has 1 N–H and O–H groups in total. The van der Waals surface area contributed by atoms with Gasteiger partial charge in [-0.1, -0.05) is 27.5 Å². The largest absolute Gasteiger partial charge is 0.317 e. The van der Waals surface area contributed by atoms with Gasteiger partial charge in [0.2, 0.25) is 10.0 Å². The minimum atomic E-state index is -3.53. The SMILES string of the molecule is CN(C1CCNCC1)S(=O)(=O)c1ccc(Br)cc1Cl. The third-order valence-corrected chi connectivity index (χ3v) is 6.26. The van der Waals surface area contributed by atoms with E-state index in [1.165, 1.54) is 4.31 Å². The van der Waals surface area contributed by atoms with Crippen LogP contribution in [0, 0.1) is 0 Å². The Morgan fingerprint density at radius 3 is 2.58 bits per heavy atom. The van der Waals surface area contributed by atoms with E-state index in [2.05, 4.69) is 21.2 Å². The van der Waals surface area contributed by atoms with Gasteiger partial charge < -0.3 is 5.32 Å². The van der Waals surface area contributed by atoms with E-state index in [1.807, 2.05) is 0 Å². The van der Waals surface area contributed by atoms with Crippen molar-refractivity contribution in [1.82, 2.24) is 9.62 Å². The van der Waals surface area contributed by atoms with Gasteiger partial charge in [-0.15, -0.1) is 0 Å². The number of halogens is 2. The van der Waals surface area contributed by atoms with Gasteiger partial charge in [-0.05, 0) is 44.1 Å². The summed E-state index contributed by atoms with van der Waals surface area (Å²) in [7, 11) is -1.90. The molecule has 7 heteroatoms. The Morgan fingerprint density at radius 1 is 1.37 bits per heavy atom. The second-order valence-electron chi connectivity index (χ2n) is 4.58. The first kappa shape index (κ1) is 15.3. The van der Waals surface area contributed by atoms with E-state index in [4.69, 9.17) is 11.6 Å². The van der Waals surface area contributed by atoms with E-state index in [0.717, 1.165) is 30.4 Å². The Bertz CT molecular complexity index is 559. The molecule has 2 rings (SSSR count). The number of hydrogen-bond donors (Lipinski definition) is 1. The van der Waals surface area contributed by atoms with Crippen LogP contribution >= 0.6 is 27.5 Å². The molecule has 1 fully saturated rings. The van der Waals surface area contributed by atoms with Crippen LogP contribution in [0.4, 0.5) is 0 Å². The van der Waals surface area contributed by atoms with Gasteiger partial charge in [0.25, 0.3) is 0 Å². The molecule has 1 aliphatic rings. The molecule has 0 radical (unpaired) electrons. The number of sulfonamides is 1. The van der Waals surface area contributed by atoms with E-state index >= 15 is 0 Å². The molecule has 0 unspecified atom stereocenters. The molecule has 4 nitrogen and oxygen atoms in total. The van der Waals surface area contributed by atoms with Crippen LogP contribution < -0.4 is 5.32 Å². The maximum atomic E-state index is 12.6. The van der Waals surface area contributed by atoms with Crippen LogP contribution in [0.2, 0.25) is 5.02 Å². The number of hydrogen-bond acceptors (Lipinski definition) is 3. The first-order valence-electron chi connectivity index (χ1n) is 6.07. The summed E-state index contributed by atoms with van der Waals surface area (Å²) in [5.74, 6) is 0. The Labute approximate surface area is 127 Å². The van der Waals surface area contributed by atoms with E-state index in [0.29, 0.717) is 0 Å². The molecule has 1 aliphatic heterocycles. The van der Waals surface area contributed by atoms with Gasteiger partial charge in [-0.25, -0.2) is 8.42 Å². The van der Waals surface area contributed by atoms with Crippen molar-refractivity contribution in [3.8, 4) is 0 Å². The van der Waals surface area contributed by atoms with Crippen molar-refractivity contribution in [3.05, 3.63) is 27.7 Å². The molecule has 1 aromatic rings. The van der Waals surface area contributed by atoms with Gasteiger partial charge in [0.1, 0.15) is 4.90 Å². The highest BCUT2D eigenvalue weighted by Gasteiger charge is 2.30. The van der Waals surface area contributed by atoms with E-state index in [1.54, 1.807) is 25.2 Å². The maximum absolute atomic E-state index is 12.6. The molecule has 0 bridgehead atoms. The molecular formula is C12H16BrClN2O2S. The highest BCUT2D eigenvalue weighted by Crippen LogP contribution is 2.29. The summed E-state index contributed by atoms with van der Waals surface area (Å²) in [6, 6.07) is 4.87. The molecule has 19 heavy (non-hydrogen) atoms. The topological polar surface area (TPSA) is 49.4 Å². The van der Waals surface area contributed by atoms with Crippen LogP contribution in [0.5, 0.6) is 0 Å². The van der Waals surface area contributed by atoms with Crippen molar-refractivity contribution in [3.63, 3.8) is 0 Å². The highest BCUT2D eigenvalue weighted by atomic mass is 79.9. The summed E-state index contributed by atoms with van der Waals surface area (Å²) in [6.45, 7) is 1.69. The van der Waals surface area contributed by atoms with Crippen LogP contribution in [0.3, 0.4) is 0 Å². The molecule has 0 atom stereocenters. The molecule has 0 aliphatic carbocycles. The minimum absolute atomic E-state index is 0.0333. The predicted molar refractivity (Wildman–Crippen MR) is 80.0 cm³/mol. The number of piperidine rings is 1. The minimum Gasteiger partial charge on any atom is -0.317 e. The van der Waals surface area contributed by atoms with Crippen LogP contribution in [0.25, 0.3) is 0 Å². The summed E-state index contributed by atoms with van der Waals surface area (Å²) in [5, 5.41) is 3.47. The Morgan fingerprint density at radius 2 is 2.00 bits per heavy atom. The zero-order chi connectivity index (χ0) is 14.0. The van der Waals surface area contributed by atoms with Crippen molar-refractivity contribution >= 4 is 37.6 Å². The average Bonchev–Trinajstić information content (AvgIpc) is 2.38. The van der Waals surface area contributed by atoms with Gasteiger partial charge in [-0.2, -0.15) is 4.31 Å². The van der Waals surface area contributed by atoms with Crippen molar-refractivity contribution in [2.45, 2.75) is 23.8 Å². The van der Waals surface area contributed by atoms with Gasteiger partial charge in [-0.3, -0.25) is 0 Å². The third-order valence-electron chi connectivity index (χ3n) is 3.37. The van der Waals surface area contributed by atoms with Gasteiger partial charge >= 0.3 is 0 Å². The third kappa shape index (κ3) is 3.31. The van der Waals surface area contributed by atoms with Crippen LogP contribution in [-0.2, 0) is 10.0 Å². The molecular weight excluding hydrogens is 352 g/mol. The molecule has 0 aromatic heterocycles. The lowest BCUT2D eigenvalue weighted by molar-refractivity contribution is 0.296. The normalized spacial score (nSPS) is 17.9. The molecule has 1 heterocycles. The van der Waals surface area contributed by atoms with Gasteiger partial charge in [0.15, 0.2) is 0 Å². The van der Waals surface area contributed by atoms with E-state index in [9.17, 15) is 8.42 Å². The summed E-state index contributed by atoms with van der Waals surface area (Å²) in [5.41, 5.74) is 0. The molecule has 106 valence electrons. The van der Waals surface area contributed by atoms with Crippen molar-refractivity contribution in [1.29, 1.82) is 0 Å². The highest BCUT2D eigenvalue weighted by molar-refractivity contribution is 9.10. The summed E-state index contributed by atoms with van der Waals surface area (Å²) >= 11 is 9.32. The number of benzene rings is 1. The van der Waals surface area contributed by atoms with E-state index < -0.39 is 10.0 Å². The van der Waals surface area contributed by atoms with Crippen molar-refractivity contribution < 1.29 is 8.42 Å². The fraction of sp³-hybridized carbons (Fsp3) is 0.500. The van der Waals surface area contributed by atoms with Crippen LogP contribution in [0.1, 0.15) is 12.8 Å². The zero-order valence-electron chi connectivity index (χ0n) is 10.6. The van der Waals surface area contributed by atoms with Crippen LogP contribution in [-0.4, -0.2) is 38.9 Å². The predicted octanol–water partition coefficient (Wildman–Crippen LogP) is 2.47. The average molecular weight is 368 g/mol. The number of nitrogens with zero attached hydrogens (tertiary/aromatic N) is 1. The standard InChI is InChI=1S/C12H16BrClN2O2S/c1-16(10-4-6-15-7-5-10)19(17,18)12-3-2-9(13)8-11(12)14/h2-3,8,10,15H,4-7H2,1H3. The van der Waals surface area contributed by atoms with Crippen LogP contribution in [0.15, 0.2) is 27.6 Å². The monoisotopic (exact) mass is 366 g/mol. The Hall–Kier alpha value is -0.140. The van der Waals surface area contributed by atoms with Crippen molar-refractivity contribution in [2.75, 3.05) is 20.1 Å². The second kappa shape index (κ2) is 6.10. The summed E-state index contributed by atoms with van der Waals surface area (Å²) in [4.78, 5) is 0.165. The Balaban J connectivity index is 2.30. The molecule has 0 spiro atoms. The quantitative estimate of drug-likeness (QED) is 0.893. The smallest absolute Gasteiger partial charge is 0.244 e. The lowest BCUT2D eigenvalue weighted by Gasteiger charge is -2.31. The molecule has 1 aromatic carbocycles. The fourth-order valence-electron chi connectivity index (χ4n) is 2.21. The van der Waals surface area contributed by atoms with Gasteiger partial charge in [0, 0.05) is 17.6 Å². The molecule has 0 saturated carbocycles. The number of rotatable bonds is 3. The molecule has 0 amide bonds. The van der Waals surface area contributed by atoms with E-state index in [-0.39, 0.29) is 16.0 Å². The van der Waals surface area contributed by atoms with Gasteiger partial charge in [0.05, 0.1) is 5.02 Å². The lowest BCUT2D eigenvalue weighted by atomic mass is 10.1. The number of nitrogens with one attached hydrogen (secondary N) is 1. The Kier molecular flexibility index (Phi) is 4.89. The first-order chi connectivity index (χ1) is 8.93. The summed E-state index contributed by atoms with van der Waals surface area (Å²) < 4.78 is 27.4. The second-order valence-corrected chi connectivity index (χ2v) is 7.87. The fourth-order valence-corrected chi connectivity index (χ4v) is 4.63. The zero-order valence-corrected chi connectivity index (χ0v) is 13.7. The lowest BCUT2D eigenvalue weighted by Crippen LogP contribution is -2.43. The summed E-state index contributed by atoms with van der Waals surface area (Å²) in [6.07, 6.45) is 1.65. The van der Waals surface area contributed by atoms with Crippen molar-refractivity contribution in [2.24, 2.45) is 0 Å². The first-order valence-corrected chi connectivity index (χ1v) is 8.68. The molecule has 1 saturated heterocycles. The maximum Gasteiger partial charge on any atom is 0.244 e.